The first-order chi connectivity index (χ1) is 9.78. The smallest absolute Gasteiger partial charge is 0.262 e. The standard InChI is InChI=1S/C15H18N2O2S/c18-8-1-2-11-6-9-20-14(11)15(19)16-12-5-7-17(10-12)13-3-4-13/h6,9,12-13,18H,3-5,7-8,10H2,(H,16,19). The number of hydrogen-bond donors (Lipinski definition) is 2. The molecule has 0 spiro atoms. The normalized spacial score (nSPS) is 22.4. The molecule has 106 valence electrons. The van der Waals surface area contributed by atoms with Crippen molar-refractivity contribution in [2.45, 2.75) is 31.3 Å². The fourth-order valence-corrected chi connectivity index (χ4v) is 3.40. The maximum absolute atomic E-state index is 12.3. The van der Waals surface area contributed by atoms with Gasteiger partial charge in [-0.15, -0.1) is 11.3 Å². The lowest BCUT2D eigenvalue weighted by molar-refractivity contribution is 0.0941. The van der Waals surface area contributed by atoms with E-state index in [1.807, 2.05) is 11.4 Å². The third kappa shape index (κ3) is 3.04. The third-order valence-electron chi connectivity index (χ3n) is 3.79. The monoisotopic (exact) mass is 290 g/mol. The highest BCUT2D eigenvalue weighted by atomic mass is 32.1. The van der Waals surface area contributed by atoms with Crippen LogP contribution < -0.4 is 5.32 Å². The fraction of sp³-hybridized carbons (Fsp3) is 0.533. The van der Waals surface area contributed by atoms with Crippen LogP contribution in [0.25, 0.3) is 0 Å². The Labute approximate surface area is 122 Å². The molecule has 1 aliphatic carbocycles. The van der Waals surface area contributed by atoms with E-state index in [9.17, 15) is 4.79 Å². The predicted molar refractivity (Wildman–Crippen MR) is 78.7 cm³/mol. The summed E-state index contributed by atoms with van der Waals surface area (Å²) >= 11 is 1.40. The Hall–Kier alpha value is -1.35. The van der Waals surface area contributed by atoms with Gasteiger partial charge in [0.1, 0.15) is 11.5 Å². The Bertz CT molecular complexity index is 554. The molecule has 1 aliphatic heterocycles. The number of amides is 1. The van der Waals surface area contributed by atoms with Gasteiger partial charge in [0.05, 0.1) is 0 Å². The number of aliphatic hydroxyl groups is 1. The summed E-state index contributed by atoms with van der Waals surface area (Å²) < 4.78 is 0. The van der Waals surface area contributed by atoms with Gasteiger partial charge < -0.3 is 10.4 Å². The van der Waals surface area contributed by atoms with Crippen LogP contribution in [0.2, 0.25) is 0 Å². The number of carbonyl (C=O) groups is 1. The molecule has 3 rings (SSSR count). The van der Waals surface area contributed by atoms with Gasteiger partial charge in [0.15, 0.2) is 0 Å². The van der Waals surface area contributed by atoms with E-state index in [4.69, 9.17) is 5.11 Å². The number of carbonyl (C=O) groups excluding carboxylic acids is 1. The van der Waals surface area contributed by atoms with Gasteiger partial charge in [-0.2, -0.15) is 0 Å². The second-order valence-electron chi connectivity index (χ2n) is 5.31. The summed E-state index contributed by atoms with van der Waals surface area (Å²) in [6.07, 6.45) is 3.66. The largest absolute Gasteiger partial charge is 0.384 e. The Morgan fingerprint density at radius 1 is 1.50 bits per heavy atom. The SMILES string of the molecule is O=C(NC1CCN(C2CC2)C1)c1sccc1C#CCO. The zero-order chi connectivity index (χ0) is 13.9. The average molecular weight is 290 g/mol. The van der Waals surface area contributed by atoms with E-state index in [1.165, 1.54) is 24.2 Å². The summed E-state index contributed by atoms with van der Waals surface area (Å²) in [5.41, 5.74) is 0.707. The summed E-state index contributed by atoms with van der Waals surface area (Å²) in [6, 6.07) is 2.85. The minimum absolute atomic E-state index is 0.0371. The van der Waals surface area contributed by atoms with Crippen LogP contribution in [-0.4, -0.2) is 47.7 Å². The molecule has 1 atom stereocenters. The molecule has 1 saturated carbocycles. The van der Waals surface area contributed by atoms with Gasteiger partial charge in [-0.25, -0.2) is 0 Å². The number of hydrogen-bond acceptors (Lipinski definition) is 4. The minimum Gasteiger partial charge on any atom is -0.384 e. The van der Waals surface area contributed by atoms with Crippen LogP contribution in [0.15, 0.2) is 11.4 Å². The molecule has 20 heavy (non-hydrogen) atoms. The Morgan fingerprint density at radius 2 is 2.35 bits per heavy atom. The molecular formula is C15H18N2O2S. The summed E-state index contributed by atoms with van der Waals surface area (Å²) in [5.74, 6) is 5.38. The van der Waals surface area contributed by atoms with Crippen molar-refractivity contribution in [2.24, 2.45) is 0 Å². The molecule has 1 saturated heterocycles. The van der Waals surface area contributed by atoms with Crippen molar-refractivity contribution in [3.05, 3.63) is 21.9 Å². The zero-order valence-electron chi connectivity index (χ0n) is 11.3. The molecule has 0 radical (unpaired) electrons. The molecule has 2 aliphatic rings. The number of nitrogens with zero attached hydrogens (tertiary/aromatic N) is 1. The Balaban J connectivity index is 1.60. The third-order valence-corrected chi connectivity index (χ3v) is 4.70. The van der Waals surface area contributed by atoms with E-state index >= 15 is 0 Å². The molecule has 2 fully saturated rings. The van der Waals surface area contributed by atoms with Crippen LogP contribution in [0, 0.1) is 11.8 Å². The number of likely N-dealkylation sites (tertiary alicyclic amines) is 1. The number of thiophene rings is 1. The molecule has 0 bridgehead atoms. The van der Waals surface area contributed by atoms with E-state index in [0.29, 0.717) is 10.4 Å². The van der Waals surface area contributed by atoms with Gasteiger partial charge in [0, 0.05) is 30.7 Å². The quantitative estimate of drug-likeness (QED) is 0.819. The highest BCUT2D eigenvalue weighted by Gasteiger charge is 2.35. The van der Waals surface area contributed by atoms with Gasteiger partial charge in [0.2, 0.25) is 0 Å². The van der Waals surface area contributed by atoms with Gasteiger partial charge >= 0.3 is 0 Å². The lowest BCUT2D eigenvalue weighted by Crippen LogP contribution is -2.37. The van der Waals surface area contributed by atoms with Crippen LogP contribution in [-0.2, 0) is 0 Å². The minimum atomic E-state index is -0.185. The topological polar surface area (TPSA) is 52.6 Å². The molecule has 5 heteroatoms. The van der Waals surface area contributed by atoms with E-state index in [0.717, 1.165) is 25.6 Å². The first-order valence-electron chi connectivity index (χ1n) is 7.00. The van der Waals surface area contributed by atoms with E-state index in [2.05, 4.69) is 22.1 Å². The highest BCUT2D eigenvalue weighted by Crippen LogP contribution is 2.30. The maximum Gasteiger partial charge on any atom is 0.262 e. The molecule has 1 amide bonds. The van der Waals surface area contributed by atoms with Crippen LogP contribution in [0.5, 0.6) is 0 Å². The van der Waals surface area contributed by atoms with Gasteiger partial charge in [-0.05, 0) is 30.7 Å². The van der Waals surface area contributed by atoms with Crippen molar-refractivity contribution in [3.63, 3.8) is 0 Å². The number of nitrogens with one attached hydrogen (secondary N) is 1. The van der Waals surface area contributed by atoms with Crippen molar-refractivity contribution in [1.29, 1.82) is 0 Å². The van der Waals surface area contributed by atoms with Crippen LogP contribution in [0.3, 0.4) is 0 Å². The van der Waals surface area contributed by atoms with Crippen LogP contribution >= 0.6 is 11.3 Å². The molecule has 4 nitrogen and oxygen atoms in total. The van der Waals surface area contributed by atoms with E-state index in [-0.39, 0.29) is 18.6 Å². The maximum atomic E-state index is 12.3. The van der Waals surface area contributed by atoms with Crippen LogP contribution in [0.1, 0.15) is 34.5 Å². The molecule has 1 unspecified atom stereocenters. The average Bonchev–Trinajstić information content (AvgIpc) is 3.01. The van der Waals surface area contributed by atoms with Gasteiger partial charge in [0.25, 0.3) is 5.91 Å². The molecule has 1 aromatic heterocycles. The Morgan fingerprint density at radius 3 is 3.10 bits per heavy atom. The first-order valence-corrected chi connectivity index (χ1v) is 7.88. The fourth-order valence-electron chi connectivity index (χ4n) is 2.65. The second kappa shape index (κ2) is 5.96. The van der Waals surface area contributed by atoms with Crippen molar-refractivity contribution in [2.75, 3.05) is 19.7 Å². The van der Waals surface area contributed by atoms with Gasteiger partial charge in [-0.1, -0.05) is 11.8 Å². The summed E-state index contributed by atoms with van der Waals surface area (Å²) in [4.78, 5) is 15.4. The first kappa shape index (κ1) is 13.6. The lowest BCUT2D eigenvalue weighted by atomic mass is 10.2. The van der Waals surface area contributed by atoms with Gasteiger partial charge in [-0.3, -0.25) is 9.69 Å². The summed E-state index contributed by atoms with van der Waals surface area (Å²) in [7, 11) is 0. The van der Waals surface area contributed by atoms with Crippen molar-refractivity contribution in [1.82, 2.24) is 10.2 Å². The van der Waals surface area contributed by atoms with Crippen molar-refractivity contribution >= 4 is 17.2 Å². The predicted octanol–water partition coefficient (Wildman–Crippen LogP) is 1.06. The second-order valence-corrected chi connectivity index (χ2v) is 6.22. The van der Waals surface area contributed by atoms with Crippen molar-refractivity contribution in [3.8, 4) is 11.8 Å². The molecule has 2 N–H and O–H groups in total. The summed E-state index contributed by atoms with van der Waals surface area (Å²) in [5, 5.41) is 13.7. The zero-order valence-corrected chi connectivity index (χ0v) is 12.1. The number of aliphatic hydroxyl groups excluding tert-OH is 1. The Kier molecular flexibility index (Phi) is 4.06. The molecular weight excluding hydrogens is 272 g/mol. The van der Waals surface area contributed by atoms with E-state index in [1.54, 1.807) is 0 Å². The van der Waals surface area contributed by atoms with Crippen LogP contribution in [0.4, 0.5) is 0 Å². The van der Waals surface area contributed by atoms with Crippen molar-refractivity contribution < 1.29 is 9.90 Å². The summed E-state index contributed by atoms with van der Waals surface area (Å²) in [6.45, 7) is 1.88. The molecule has 2 heterocycles. The molecule has 1 aromatic rings. The number of rotatable bonds is 3. The molecule has 0 aromatic carbocycles. The lowest BCUT2D eigenvalue weighted by Gasteiger charge is -2.15. The van der Waals surface area contributed by atoms with E-state index < -0.39 is 0 Å². The highest BCUT2D eigenvalue weighted by molar-refractivity contribution is 7.12.